The van der Waals surface area contributed by atoms with Crippen LogP contribution in [0.5, 0.6) is 0 Å². The van der Waals surface area contributed by atoms with Crippen LogP contribution in [-0.4, -0.2) is 22.0 Å². The lowest BCUT2D eigenvalue weighted by Crippen LogP contribution is -2.25. The Labute approximate surface area is 157 Å². The van der Waals surface area contributed by atoms with Crippen molar-refractivity contribution in [2.75, 3.05) is 11.4 Å². The van der Waals surface area contributed by atoms with E-state index in [0.717, 1.165) is 28.1 Å². The predicted octanol–water partition coefficient (Wildman–Crippen LogP) is 4.15. The lowest BCUT2D eigenvalue weighted by molar-refractivity contribution is -0.117. The minimum atomic E-state index is 0.00151. The minimum absolute atomic E-state index is 0.00151. The summed E-state index contributed by atoms with van der Waals surface area (Å²) in [7, 11) is 0. The molecule has 5 heteroatoms. The molecule has 1 aromatic heterocycles. The number of halogens is 1. The number of amides is 1. The van der Waals surface area contributed by atoms with Gasteiger partial charge in [-0.2, -0.15) is 0 Å². The van der Waals surface area contributed by atoms with Crippen molar-refractivity contribution in [1.82, 2.24) is 9.55 Å². The summed E-state index contributed by atoms with van der Waals surface area (Å²) in [6, 6.07) is 13.5. The van der Waals surface area contributed by atoms with Crippen LogP contribution in [0.4, 0.5) is 5.69 Å². The third kappa shape index (κ3) is 2.75. The maximum Gasteiger partial charge on any atom is 0.227 e. The van der Waals surface area contributed by atoms with Gasteiger partial charge in [0.05, 0.1) is 17.6 Å². The number of anilines is 1. The van der Waals surface area contributed by atoms with Crippen LogP contribution >= 0.6 is 11.6 Å². The average molecular weight is 364 g/mol. The van der Waals surface area contributed by atoms with Crippen molar-refractivity contribution in [1.29, 1.82) is 0 Å². The average Bonchev–Trinajstić information content (AvgIpc) is 3.18. The summed E-state index contributed by atoms with van der Waals surface area (Å²) in [5.74, 6) is 3.66. The topological polar surface area (TPSA) is 38.1 Å². The summed E-state index contributed by atoms with van der Waals surface area (Å²) in [6.07, 6.45) is 5.99. The molecular formula is C21H18ClN3O. The van der Waals surface area contributed by atoms with Gasteiger partial charge in [0.1, 0.15) is 5.82 Å². The quantitative estimate of drug-likeness (QED) is 0.655. The molecule has 0 spiro atoms. The fourth-order valence-corrected chi connectivity index (χ4v) is 3.82. The van der Waals surface area contributed by atoms with Crippen molar-refractivity contribution in [3.8, 4) is 12.3 Å². The number of benzene rings is 2. The van der Waals surface area contributed by atoms with Gasteiger partial charge in [0.25, 0.3) is 0 Å². The lowest BCUT2D eigenvalue weighted by atomic mass is 10.1. The van der Waals surface area contributed by atoms with Crippen LogP contribution in [0, 0.1) is 19.3 Å². The molecule has 0 unspecified atom stereocenters. The van der Waals surface area contributed by atoms with E-state index >= 15 is 0 Å². The predicted molar refractivity (Wildman–Crippen MR) is 104 cm³/mol. The van der Waals surface area contributed by atoms with E-state index in [0.29, 0.717) is 24.5 Å². The number of aromatic nitrogens is 2. The molecule has 0 N–H and O–H groups in total. The van der Waals surface area contributed by atoms with Gasteiger partial charge in [-0.25, -0.2) is 4.98 Å². The molecule has 3 aromatic rings. The number of para-hydroxylation sites is 2. The van der Waals surface area contributed by atoms with E-state index in [1.807, 2.05) is 58.9 Å². The number of nitrogens with zero attached hydrogens (tertiary/aromatic N) is 3. The van der Waals surface area contributed by atoms with Crippen LogP contribution in [0.3, 0.4) is 0 Å². The van der Waals surface area contributed by atoms with Crippen molar-refractivity contribution < 1.29 is 4.79 Å². The number of fused-ring (bicyclic) bond motifs is 1. The highest BCUT2D eigenvalue weighted by atomic mass is 35.5. The number of imidazole rings is 1. The molecule has 1 atom stereocenters. The summed E-state index contributed by atoms with van der Waals surface area (Å²) < 4.78 is 2.04. The molecular weight excluding hydrogens is 346 g/mol. The SMILES string of the molecule is C#CCn1c([C@H]2CC(=O)N(c3cc(Cl)ccc3C)C2)nc2ccccc21. The van der Waals surface area contributed by atoms with Crippen LogP contribution in [0.15, 0.2) is 42.5 Å². The van der Waals surface area contributed by atoms with Gasteiger partial charge >= 0.3 is 0 Å². The fourth-order valence-electron chi connectivity index (χ4n) is 3.65. The normalized spacial score (nSPS) is 17.0. The van der Waals surface area contributed by atoms with Crippen molar-refractivity contribution in [2.45, 2.75) is 25.8 Å². The highest BCUT2D eigenvalue weighted by molar-refractivity contribution is 6.31. The smallest absolute Gasteiger partial charge is 0.227 e. The molecule has 0 saturated carbocycles. The van der Waals surface area contributed by atoms with Crippen LogP contribution in [0.1, 0.15) is 23.7 Å². The zero-order valence-electron chi connectivity index (χ0n) is 14.4. The lowest BCUT2D eigenvalue weighted by Gasteiger charge is -2.19. The number of carbonyl (C=O) groups excluding carboxylic acids is 1. The number of hydrogen-bond donors (Lipinski definition) is 0. The molecule has 1 amide bonds. The Hall–Kier alpha value is -2.77. The van der Waals surface area contributed by atoms with Crippen molar-refractivity contribution in [3.63, 3.8) is 0 Å². The first-order chi connectivity index (χ1) is 12.6. The Balaban J connectivity index is 1.73. The van der Waals surface area contributed by atoms with E-state index in [4.69, 9.17) is 23.0 Å². The zero-order valence-corrected chi connectivity index (χ0v) is 15.2. The zero-order chi connectivity index (χ0) is 18.3. The fraction of sp³-hybridized carbons (Fsp3) is 0.238. The van der Waals surface area contributed by atoms with Gasteiger partial charge in [0.15, 0.2) is 0 Å². The summed E-state index contributed by atoms with van der Waals surface area (Å²) in [4.78, 5) is 19.3. The number of carbonyl (C=O) groups is 1. The molecule has 1 saturated heterocycles. The maximum absolute atomic E-state index is 12.7. The maximum atomic E-state index is 12.7. The summed E-state index contributed by atoms with van der Waals surface area (Å²) in [5, 5.41) is 0.626. The first kappa shape index (κ1) is 16.7. The third-order valence-corrected chi connectivity index (χ3v) is 5.12. The number of terminal acetylenes is 1. The molecule has 0 radical (unpaired) electrons. The molecule has 26 heavy (non-hydrogen) atoms. The first-order valence-corrected chi connectivity index (χ1v) is 8.91. The molecule has 1 fully saturated rings. The van der Waals surface area contributed by atoms with E-state index in [-0.39, 0.29) is 11.8 Å². The Morgan fingerprint density at radius 1 is 1.31 bits per heavy atom. The van der Waals surface area contributed by atoms with Gasteiger partial charge in [-0.1, -0.05) is 35.7 Å². The van der Waals surface area contributed by atoms with Gasteiger partial charge in [0.2, 0.25) is 5.91 Å². The summed E-state index contributed by atoms with van der Waals surface area (Å²) in [5.41, 5.74) is 3.80. The van der Waals surface area contributed by atoms with E-state index in [9.17, 15) is 4.79 Å². The van der Waals surface area contributed by atoms with Gasteiger partial charge < -0.3 is 9.47 Å². The summed E-state index contributed by atoms with van der Waals surface area (Å²) >= 11 is 6.14. The molecule has 1 aliphatic heterocycles. The van der Waals surface area contributed by atoms with Crippen LogP contribution < -0.4 is 4.90 Å². The van der Waals surface area contributed by atoms with E-state index in [2.05, 4.69) is 5.92 Å². The van der Waals surface area contributed by atoms with Crippen LogP contribution in [-0.2, 0) is 11.3 Å². The van der Waals surface area contributed by atoms with E-state index in [1.54, 1.807) is 0 Å². The molecule has 130 valence electrons. The second-order valence-corrected chi connectivity index (χ2v) is 7.02. The largest absolute Gasteiger partial charge is 0.316 e. The van der Waals surface area contributed by atoms with Crippen LogP contribution in [0.2, 0.25) is 5.02 Å². The molecule has 4 rings (SSSR count). The van der Waals surface area contributed by atoms with Crippen molar-refractivity contribution in [3.05, 3.63) is 58.9 Å². The highest BCUT2D eigenvalue weighted by Crippen LogP contribution is 2.35. The molecule has 1 aliphatic rings. The Kier molecular flexibility index (Phi) is 4.18. The number of hydrogen-bond acceptors (Lipinski definition) is 2. The van der Waals surface area contributed by atoms with Gasteiger partial charge in [-0.05, 0) is 36.8 Å². The molecule has 4 nitrogen and oxygen atoms in total. The monoisotopic (exact) mass is 363 g/mol. The van der Waals surface area contributed by atoms with Crippen molar-refractivity contribution >= 4 is 34.2 Å². The van der Waals surface area contributed by atoms with Gasteiger partial charge in [0, 0.05) is 29.6 Å². The Morgan fingerprint density at radius 2 is 2.12 bits per heavy atom. The second-order valence-electron chi connectivity index (χ2n) is 6.59. The molecule has 0 bridgehead atoms. The molecule has 0 aliphatic carbocycles. The summed E-state index contributed by atoms with van der Waals surface area (Å²) in [6.45, 7) is 3.00. The van der Waals surface area contributed by atoms with Gasteiger partial charge in [-0.3, -0.25) is 4.79 Å². The van der Waals surface area contributed by atoms with E-state index < -0.39 is 0 Å². The Morgan fingerprint density at radius 3 is 2.92 bits per heavy atom. The minimum Gasteiger partial charge on any atom is -0.316 e. The Bertz CT molecular complexity index is 1050. The molecule has 2 heterocycles. The number of rotatable bonds is 3. The number of aryl methyl sites for hydroxylation is 1. The highest BCUT2D eigenvalue weighted by Gasteiger charge is 2.35. The van der Waals surface area contributed by atoms with Crippen LogP contribution in [0.25, 0.3) is 11.0 Å². The van der Waals surface area contributed by atoms with Crippen molar-refractivity contribution in [2.24, 2.45) is 0 Å². The third-order valence-electron chi connectivity index (χ3n) is 4.89. The van der Waals surface area contributed by atoms with Gasteiger partial charge in [-0.15, -0.1) is 6.42 Å². The van der Waals surface area contributed by atoms with E-state index in [1.165, 1.54) is 0 Å². The molecule has 2 aromatic carbocycles. The first-order valence-electron chi connectivity index (χ1n) is 8.53. The standard InChI is InChI=1S/C21H18ClN3O/c1-3-10-24-18-7-5-4-6-17(18)23-21(24)15-11-20(26)25(13-15)19-12-16(22)9-8-14(19)2/h1,4-9,12,15H,10-11,13H2,2H3/t15-/m0/s1. The second kappa shape index (κ2) is 6.51.